The Balaban J connectivity index is 1.76. The van der Waals surface area contributed by atoms with Crippen molar-refractivity contribution in [3.05, 3.63) is 0 Å². The minimum atomic E-state index is -1.46. The maximum atomic E-state index is 13.2. The zero-order valence-electron chi connectivity index (χ0n) is 28.3. The average Bonchev–Trinajstić information content (AvgIpc) is 3.36. The quantitative estimate of drug-likeness (QED) is 0.0932. The van der Waals surface area contributed by atoms with Crippen molar-refractivity contribution in [1.82, 2.24) is 10.2 Å². The van der Waals surface area contributed by atoms with Crippen LogP contribution in [0.5, 0.6) is 0 Å². The molecule has 0 radical (unpaired) electrons. The third-order valence-electron chi connectivity index (χ3n) is 9.38. The largest absolute Gasteiger partial charge is 0.456 e. The Labute approximate surface area is 271 Å². The van der Waals surface area contributed by atoms with Crippen molar-refractivity contribution in [2.75, 3.05) is 19.8 Å². The molecule has 2 fully saturated rings. The molecule has 0 aromatic carbocycles. The maximum Gasteiger partial charge on any atom is 0.306 e. The summed E-state index contributed by atoms with van der Waals surface area (Å²) in [4.78, 5) is 27.9. The van der Waals surface area contributed by atoms with Gasteiger partial charge in [-0.05, 0) is 45.4 Å². The van der Waals surface area contributed by atoms with E-state index in [1.807, 2.05) is 11.9 Å². The van der Waals surface area contributed by atoms with Crippen LogP contribution in [0.4, 0.5) is 0 Å². The van der Waals surface area contributed by atoms with Crippen molar-refractivity contribution in [3.63, 3.8) is 0 Å². The third-order valence-corrected chi connectivity index (χ3v) is 10.2. The first-order valence-corrected chi connectivity index (χ1v) is 18.9. The summed E-state index contributed by atoms with van der Waals surface area (Å²) in [6, 6.07) is -1.27. The van der Waals surface area contributed by atoms with Gasteiger partial charge in [0.05, 0.1) is 18.2 Å². The van der Waals surface area contributed by atoms with Crippen LogP contribution in [0.1, 0.15) is 130 Å². The van der Waals surface area contributed by atoms with Gasteiger partial charge in [-0.25, -0.2) is 0 Å². The van der Waals surface area contributed by atoms with E-state index in [1.54, 1.807) is 6.26 Å². The summed E-state index contributed by atoms with van der Waals surface area (Å²) < 4.78 is 11.7. The van der Waals surface area contributed by atoms with E-state index in [9.17, 15) is 24.9 Å². The standard InChI is InChI=1S/C34H64N2O7S/c1-6-8-9-10-11-12-13-14-15-16-17-18-19-21-27(38)42-32-30(40)29(39)31(43-34(32)44-5)28(24(3)37)35-33(41)26-22-25(20-7-2)23-36(26)4/h24-26,28-32,34,37,39-40H,6-23H2,1-5H3,(H,35,41)/t24-,25-,26+,28-,29-,30+,31-,32-,34-/m1/s1. The molecule has 44 heavy (non-hydrogen) atoms. The van der Waals surface area contributed by atoms with Crippen molar-refractivity contribution in [1.29, 1.82) is 0 Å². The molecule has 2 heterocycles. The number of esters is 1. The van der Waals surface area contributed by atoms with Gasteiger partial charge in [0.25, 0.3) is 0 Å². The van der Waals surface area contributed by atoms with Gasteiger partial charge in [0, 0.05) is 13.0 Å². The van der Waals surface area contributed by atoms with Crippen LogP contribution in [0.2, 0.25) is 0 Å². The number of likely N-dealkylation sites (tertiary alicyclic amines) is 1. The molecular weight excluding hydrogens is 580 g/mol. The molecular formula is C34H64N2O7S. The molecule has 2 aliphatic rings. The molecule has 4 N–H and O–H groups in total. The summed E-state index contributed by atoms with van der Waals surface area (Å²) in [7, 11) is 1.92. The first kappa shape index (κ1) is 39.3. The second kappa shape index (κ2) is 21.8. The molecule has 0 aromatic heterocycles. The number of hydrogen-bond donors (Lipinski definition) is 4. The topological polar surface area (TPSA) is 129 Å². The lowest BCUT2D eigenvalue weighted by atomic mass is 9.91. The molecule has 10 heteroatoms. The maximum absolute atomic E-state index is 13.2. The molecule has 2 saturated heterocycles. The highest BCUT2D eigenvalue weighted by molar-refractivity contribution is 7.99. The Hall–Kier alpha value is -0.910. The van der Waals surface area contributed by atoms with Crippen LogP contribution in [-0.2, 0) is 19.1 Å². The van der Waals surface area contributed by atoms with E-state index in [0.29, 0.717) is 5.92 Å². The highest BCUT2D eigenvalue weighted by Gasteiger charge is 2.50. The van der Waals surface area contributed by atoms with Crippen LogP contribution in [0.3, 0.4) is 0 Å². The number of thioether (sulfide) groups is 1. The van der Waals surface area contributed by atoms with Gasteiger partial charge in [-0.1, -0.05) is 97.3 Å². The fourth-order valence-electron chi connectivity index (χ4n) is 6.74. The Kier molecular flexibility index (Phi) is 19.5. The highest BCUT2D eigenvalue weighted by atomic mass is 32.2. The molecule has 0 bridgehead atoms. The Bertz CT molecular complexity index is 802. The van der Waals surface area contributed by atoms with Gasteiger partial charge in [0.2, 0.25) is 5.91 Å². The van der Waals surface area contributed by atoms with Gasteiger partial charge in [-0.3, -0.25) is 14.5 Å². The molecule has 258 valence electrons. The molecule has 1 amide bonds. The Morgan fingerprint density at radius 2 is 1.50 bits per heavy atom. The van der Waals surface area contributed by atoms with Crippen LogP contribution in [-0.4, -0.2) is 100.0 Å². The average molecular weight is 645 g/mol. The zero-order valence-corrected chi connectivity index (χ0v) is 29.1. The number of carbonyl (C=O) groups excluding carboxylic acids is 2. The SMILES string of the molecule is CCCCCCCCCCCCCCCC(=O)O[C@@H]1[C@@H](O)[C@@H](O)[C@@H]([C@H](NC(=O)[C@@H]2C[C@@H](CCC)CN2C)[C@@H](C)O)O[C@@H]1SC. The summed E-state index contributed by atoms with van der Waals surface area (Å²) in [5.74, 6) is -0.203. The number of unbranched alkanes of at least 4 members (excludes halogenated alkanes) is 12. The minimum absolute atomic E-state index is 0.227. The Morgan fingerprint density at radius 1 is 0.932 bits per heavy atom. The zero-order chi connectivity index (χ0) is 32.5. The number of carbonyl (C=O) groups is 2. The second-order valence-corrected chi connectivity index (χ2v) is 14.2. The van der Waals surface area contributed by atoms with Crippen molar-refractivity contribution >= 4 is 23.6 Å². The molecule has 0 aromatic rings. The lowest BCUT2D eigenvalue weighted by molar-refractivity contribution is -0.223. The van der Waals surface area contributed by atoms with Gasteiger partial charge < -0.3 is 30.1 Å². The monoisotopic (exact) mass is 644 g/mol. The lowest BCUT2D eigenvalue weighted by Gasteiger charge is -2.45. The molecule has 0 unspecified atom stereocenters. The summed E-state index contributed by atoms with van der Waals surface area (Å²) in [5, 5.41) is 35.6. The van der Waals surface area contributed by atoms with E-state index in [0.717, 1.165) is 45.1 Å². The first-order valence-electron chi connectivity index (χ1n) is 17.6. The number of nitrogens with one attached hydrogen (secondary N) is 1. The molecule has 2 aliphatic heterocycles. The highest BCUT2D eigenvalue weighted by Crippen LogP contribution is 2.32. The third kappa shape index (κ3) is 13.1. The second-order valence-electron chi connectivity index (χ2n) is 13.3. The summed E-state index contributed by atoms with van der Waals surface area (Å²) >= 11 is 1.26. The summed E-state index contributed by atoms with van der Waals surface area (Å²) in [6.45, 7) is 6.75. The predicted molar refractivity (Wildman–Crippen MR) is 177 cm³/mol. The lowest BCUT2D eigenvalue weighted by Crippen LogP contribution is -2.66. The fourth-order valence-corrected chi connectivity index (χ4v) is 7.46. The molecule has 9 atom stereocenters. The van der Waals surface area contributed by atoms with Crippen LogP contribution < -0.4 is 5.32 Å². The molecule has 9 nitrogen and oxygen atoms in total. The van der Waals surface area contributed by atoms with E-state index < -0.39 is 48.0 Å². The van der Waals surface area contributed by atoms with Crippen molar-refractivity contribution in [3.8, 4) is 0 Å². The van der Waals surface area contributed by atoms with Gasteiger partial charge in [0.15, 0.2) is 6.10 Å². The number of likely N-dealkylation sites (N-methyl/N-ethyl adjacent to an activating group) is 1. The number of nitrogens with zero attached hydrogens (tertiary/aromatic N) is 1. The first-order chi connectivity index (χ1) is 21.1. The van der Waals surface area contributed by atoms with Gasteiger partial charge in [-0.2, -0.15) is 0 Å². The van der Waals surface area contributed by atoms with E-state index in [2.05, 4.69) is 19.2 Å². The van der Waals surface area contributed by atoms with E-state index in [1.165, 1.54) is 82.9 Å². The van der Waals surface area contributed by atoms with Crippen molar-refractivity contribution in [2.24, 2.45) is 5.92 Å². The van der Waals surface area contributed by atoms with Crippen LogP contribution in [0, 0.1) is 5.92 Å². The summed E-state index contributed by atoms with van der Waals surface area (Å²) in [5.41, 5.74) is -0.754. The van der Waals surface area contributed by atoms with E-state index >= 15 is 0 Å². The number of rotatable bonds is 22. The number of aliphatic hydroxyl groups excluding tert-OH is 3. The number of ether oxygens (including phenoxy) is 2. The van der Waals surface area contributed by atoms with Gasteiger partial charge in [0.1, 0.15) is 23.7 Å². The van der Waals surface area contributed by atoms with E-state index in [4.69, 9.17) is 9.47 Å². The van der Waals surface area contributed by atoms with Crippen LogP contribution >= 0.6 is 11.8 Å². The number of aliphatic hydroxyl groups is 3. The molecule has 0 aliphatic carbocycles. The summed E-state index contributed by atoms with van der Waals surface area (Å²) in [6.07, 6.45) is 14.7. The van der Waals surface area contributed by atoms with Crippen LogP contribution in [0.25, 0.3) is 0 Å². The van der Waals surface area contributed by atoms with Crippen molar-refractivity contribution < 1.29 is 34.4 Å². The molecule has 0 spiro atoms. The Morgan fingerprint density at radius 3 is 2.02 bits per heavy atom. The van der Waals surface area contributed by atoms with Crippen LogP contribution in [0.15, 0.2) is 0 Å². The van der Waals surface area contributed by atoms with E-state index in [-0.39, 0.29) is 18.4 Å². The molecule has 2 rings (SSSR count). The predicted octanol–water partition coefficient (Wildman–Crippen LogP) is 5.18. The number of amides is 1. The minimum Gasteiger partial charge on any atom is -0.456 e. The van der Waals surface area contributed by atoms with Crippen molar-refractivity contribution in [2.45, 2.75) is 178 Å². The van der Waals surface area contributed by atoms with Gasteiger partial charge >= 0.3 is 5.97 Å². The molecule has 0 saturated carbocycles. The smallest absolute Gasteiger partial charge is 0.306 e. The fraction of sp³-hybridized carbons (Fsp3) is 0.941. The van der Waals surface area contributed by atoms with Gasteiger partial charge in [-0.15, -0.1) is 11.8 Å². The number of hydrogen-bond acceptors (Lipinski definition) is 9. The normalized spacial score (nSPS) is 29.0.